The second-order valence-electron chi connectivity index (χ2n) is 7.33. The molecule has 27 heavy (non-hydrogen) atoms. The van der Waals surface area contributed by atoms with E-state index in [9.17, 15) is 14.4 Å². The molecule has 1 aromatic carbocycles. The lowest BCUT2D eigenvalue weighted by atomic mass is 9.89. The Morgan fingerprint density at radius 2 is 1.96 bits per heavy atom. The molecule has 1 unspecified atom stereocenters. The van der Waals surface area contributed by atoms with E-state index in [-0.39, 0.29) is 11.8 Å². The van der Waals surface area contributed by atoms with Crippen molar-refractivity contribution in [3.05, 3.63) is 35.4 Å². The van der Waals surface area contributed by atoms with Crippen LogP contribution in [0.5, 0.6) is 0 Å². The first kappa shape index (κ1) is 19.4. The fourth-order valence-electron chi connectivity index (χ4n) is 3.77. The highest BCUT2D eigenvalue weighted by Crippen LogP contribution is 2.30. The number of hydrogen-bond acceptors (Lipinski definition) is 5. The zero-order chi connectivity index (χ0) is 19.4. The summed E-state index contributed by atoms with van der Waals surface area (Å²) in [6, 6.07) is 7.26. The Morgan fingerprint density at radius 3 is 2.74 bits per heavy atom. The van der Waals surface area contributed by atoms with E-state index in [0.717, 1.165) is 18.5 Å². The summed E-state index contributed by atoms with van der Waals surface area (Å²) in [6.45, 7) is 7.06. The Kier molecular flexibility index (Phi) is 5.79. The highest BCUT2D eigenvalue weighted by molar-refractivity contribution is 5.97. The number of carbonyl (C=O) groups is 3. The molecule has 2 amide bonds. The molecule has 1 aromatic rings. The van der Waals surface area contributed by atoms with Gasteiger partial charge in [0, 0.05) is 39.1 Å². The lowest BCUT2D eigenvalue weighted by Gasteiger charge is -2.36. The van der Waals surface area contributed by atoms with Crippen LogP contribution in [0.1, 0.15) is 36.2 Å². The number of benzene rings is 1. The van der Waals surface area contributed by atoms with E-state index in [1.165, 1.54) is 0 Å². The first-order valence-corrected chi connectivity index (χ1v) is 9.52. The normalized spacial score (nSPS) is 23.2. The molecule has 146 valence electrons. The van der Waals surface area contributed by atoms with Gasteiger partial charge in [0.15, 0.2) is 5.60 Å². The molecule has 1 N–H and O–H groups in total. The smallest absolute Gasteiger partial charge is 0.339 e. The number of carbonyl (C=O) groups excluding carboxylic acids is 3. The predicted molar refractivity (Wildman–Crippen MR) is 100 cm³/mol. The van der Waals surface area contributed by atoms with Crippen LogP contribution in [0, 0.1) is 0 Å². The quantitative estimate of drug-likeness (QED) is 0.791. The number of nitrogens with zero attached hydrogens (tertiary/aromatic N) is 2. The maximum Gasteiger partial charge on any atom is 0.339 e. The lowest BCUT2D eigenvalue weighted by molar-refractivity contribution is -0.151. The fraction of sp³-hybridized carbons (Fsp3) is 0.550. The first-order valence-electron chi connectivity index (χ1n) is 9.52. The van der Waals surface area contributed by atoms with Gasteiger partial charge in [-0.05, 0) is 31.9 Å². The molecule has 2 aliphatic rings. The van der Waals surface area contributed by atoms with E-state index in [4.69, 9.17) is 4.74 Å². The Labute approximate surface area is 159 Å². The molecule has 7 nitrogen and oxygen atoms in total. The van der Waals surface area contributed by atoms with Gasteiger partial charge >= 0.3 is 5.97 Å². The van der Waals surface area contributed by atoms with Crippen LogP contribution in [0.25, 0.3) is 0 Å². The molecule has 1 atom stereocenters. The van der Waals surface area contributed by atoms with Gasteiger partial charge in [-0.2, -0.15) is 0 Å². The van der Waals surface area contributed by atoms with E-state index in [2.05, 4.69) is 10.2 Å². The monoisotopic (exact) mass is 373 g/mol. The fourth-order valence-corrected chi connectivity index (χ4v) is 3.77. The maximum atomic E-state index is 13.2. The molecule has 0 aromatic heterocycles. The van der Waals surface area contributed by atoms with Crippen LogP contribution in [-0.2, 0) is 20.7 Å². The molecule has 0 spiro atoms. The van der Waals surface area contributed by atoms with Crippen molar-refractivity contribution in [2.75, 3.05) is 39.3 Å². The number of nitrogens with one attached hydrogen (secondary N) is 1. The van der Waals surface area contributed by atoms with Gasteiger partial charge in [-0.15, -0.1) is 0 Å². The Bertz CT molecular complexity index is 736. The summed E-state index contributed by atoms with van der Waals surface area (Å²) in [5, 5.41) is 2.80. The largest absolute Gasteiger partial charge is 0.445 e. The molecule has 0 aliphatic carbocycles. The third kappa shape index (κ3) is 4.30. The van der Waals surface area contributed by atoms with Crippen molar-refractivity contribution in [1.82, 2.24) is 15.1 Å². The molecular weight excluding hydrogens is 346 g/mol. The minimum Gasteiger partial charge on any atom is -0.445 e. The summed E-state index contributed by atoms with van der Waals surface area (Å²) in [5.41, 5.74) is 0.198. The molecule has 7 heteroatoms. The molecule has 0 bridgehead atoms. The van der Waals surface area contributed by atoms with Crippen molar-refractivity contribution in [3.63, 3.8) is 0 Å². The number of ether oxygens (including phenoxy) is 1. The summed E-state index contributed by atoms with van der Waals surface area (Å²) in [6.07, 6.45) is 1.17. The maximum absolute atomic E-state index is 13.2. The minimum absolute atomic E-state index is 0.00190. The van der Waals surface area contributed by atoms with Crippen molar-refractivity contribution < 1.29 is 19.1 Å². The number of cyclic esters (lactones) is 1. The Hall–Kier alpha value is -2.41. The van der Waals surface area contributed by atoms with Crippen LogP contribution in [0.4, 0.5) is 0 Å². The number of likely N-dealkylation sites (N-methyl/N-ethyl adjacent to an activating group) is 1. The highest BCUT2D eigenvalue weighted by atomic mass is 16.6. The highest BCUT2D eigenvalue weighted by Gasteiger charge is 2.44. The van der Waals surface area contributed by atoms with Crippen LogP contribution >= 0.6 is 0 Å². The van der Waals surface area contributed by atoms with E-state index in [1.807, 2.05) is 19.1 Å². The topological polar surface area (TPSA) is 79.0 Å². The molecule has 2 aliphatic heterocycles. The van der Waals surface area contributed by atoms with Crippen molar-refractivity contribution in [2.24, 2.45) is 0 Å². The van der Waals surface area contributed by atoms with E-state index in [0.29, 0.717) is 44.7 Å². The van der Waals surface area contributed by atoms with Gasteiger partial charge in [-0.25, -0.2) is 4.79 Å². The molecule has 0 radical (unpaired) electrons. The van der Waals surface area contributed by atoms with Gasteiger partial charge in [-0.1, -0.05) is 18.2 Å². The molecular formula is C20H27N3O4. The van der Waals surface area contributed by atoms with Gasteiger partial charge in [0.1, 0.15) is 0 Å². The standard InChI is InChI=1S/C20H27N3O4/c1-3-21-17(24)14-22-9-6-10-23(12-11-22)19(26)20(2)13-15-7-4-5-8-16(15)18(25)27-20/h4-5,7-8H,3,6,9-14H2,1-2H3,(H,21,24). The second-order valence-corrected chi connectivity index (χ2v) is 7.33. The second kappa shape index (κ2) is 8.08. The van der Waals surface area contributed by atoms with E-state index < -0.39 is 11.6 Å². The average Bonchev–Trinajstić information content (AvgIpc) is 2.86. The van der Waals surface area contributed by atoms with Crippen LogP contribution in [-0.4, -0.2) is 72.5 Å². The average molecular weight is 373 g/mol. The first-order chi connectivity index (χ1) is 12.9. The van der Waals surface area contributed by atoms with Gasteiger partial charge in [-0.3, -0.25) is 14.5 Å². The van der Waals surface area contributed by atoms with Crippen LogP contribution < -0.4 is 5.32 Å². The molecule has 1 saturated heterocycles. The zero-order valence-corrected chi connectivity index (χ0v) is 16.0. The van der Waals surface area contributed by atoms with Gasteiger partial charge in [0.05, 0.1) is 12.1 Å². The van der Waals surface area contributed by atoms with Gasteiger partial charge < -0.3 is 15.0 Å². The molecule has 2 heterocycles. The van der Waals surface area contributed by atoms with Crippen LogP contribution in [0.3, 0.4) is 0 Å². The SMILES string of the molecule is CCNC(=O)CN1CCCN(C(=O)C2(C)Cc3ccccc3C(=O)O2)CC1. The number of esters is 1. The zero-order valence-electron chi connectivity index (χ0n) is 16.0. The van der Waals surface area contributed by atoms with Gasteiger partial charge in [0.25, 0.3) is 5.91 Å². The summed E-state index contributed by atoms with van der Waals surface area (Å²) in [4.78, 5) is 41.1. The van der Waals surface area contributed by atoms with Crippen LogP contribution in [0.2, 0.25) is 0 Å². The summed E-state index contributed by atoms with van der Waals surface area (Å²) < 4.78 is 5.57. The molecule has 1 fully saturated rings. The third-order valence-electron chi connectivity index (χ3n) is 5.15. The lowest BCUT2D eigenvalue weighted by Crippen LogP contribution is -2.54. The summed E-state index contributed by atoms with van der Waals surface area (Å²) in [7, 11) is 0. The van der Waals surface area contributed by atoms with Crippen LogP contribution in [0.15, 0.2) is 24.3 Å². The molecule has 0 saturated carbocycles. The van der Waals surface area contributed by atoms with E-state index in [1.54, 1.807) is 24.0 Å². The third-order valence-corrected chi connectivity index (χ3v) is 5.15. The van der Waals surface area contributed by atoms with Crippen molar-refractivity contribution in [1.29, 1.82) is 0 Å². The summed E-state index contributed by atoms with van der Waals surface area (Å²) >= 11 is 0. The number of fused-ring (bicyclic) bond motifs is 1. The van der Waals surface area contributed by atoms with Crippen molar-refractivity contribution in [3.8, 4) is 0 Å². The van der Waals surface area contributed by atoms with Crippen molar-refractivity contribution in [2.45, 2.75) is 32.3 Å². The number of amides is 2. The van der Waals surface area contributed by atoms with Gasteiger partial charge in [0.2, 0.25) is 5.91 Å². The summed E-state index contributed by atoms with van der Waals surface area (Å²) in [5.74, 6) is -0.604. The molecule has 3 rings (SSSR count). The Morgan fingerprint density at radius 1 is 1.19 bits per heavy atom. The minimum atomic E-state index is -1.18. The number of rotatable bonds is 4. The predicted octanol–water partition coefficient (Wildman–Crippen LogP) is 0.829. The van der Waals surface area contributed by atoms with E-state index >= 15 is 0 Å². The number of hydrogen-bond donors (Lipinski definition) is 1. The Balaban J connectivity index is 1.66. The van der Waals surface area contributed by atoms with Crippen molar-refractivity contribution >= 4 is 17.8 Å².